The minimum atomic E-state index is -0.146. The van der Waals surface area contributed by atoms with E-state index in [-0.39, 0.29) is 12.1 Å². The molecule has 0 saturated heterocycles. The second kappa shape index (κ2) is 10.3. The number of carbonyl (C=O) groups excluding carboxylic acids is 1. The number of ether oxygens (including phenoxy) is 2. The molecule has 0 aromatic heterocycles. The van der Waals surface area contributed by atoms with Crippen LogP contribution in [0, 0.1) is 0 Å². The van der Waals surface area contributed by atoms with E-state index in [4.69, 9.17) is 9.47 Å². The molecule has 0 aliphatic heterocycles. The molecule has 0 spiro atoms. The molecule has 2 amide bonds. The van der Waals surface area contributed by atoms with E-state index in [1.54, 1.807) is 13.2 Å². The van der Waals surface area contributed by atoms with Gasteiger partial charge in [0.05, 0.1) is 7.11 Å². The van der Waals surface area contributed by atoms with Crippen LogP contribution in [0.15, 0.2) is 78.9 Å². The van der Waals surface area contributed by atoms with Gasteiger partial charge >= 0.3 is 6.03 Å². The first kappa shape index (κ1) is 21.2. The van der Waals surface area contributed by atoms with Crippen LogP contribution in [0.2, 0.25) is 0 Å². The average molecular weight is 405 g/mol. The zero-order chi connectivity index (χ0) is 21.3. The van der Waals surface area contributed by atoms with Gasteiger partial charge in [-0.05, 0) is 55.3 Å². The summed E-state index contributed by atoms with van der Waals surface area (Å²) in [5, 5.41) is 2.98. The van der Waals surface area contributed by atoms with Crippen LogP contribution in [0.25, 0.3) is 0 Å². The number of nitrogens with zero attached hydrogens (tertiary/aromatic N) is 1. The lowest BCUT2D eigenvalue weighted by Crippen LogP contribution is -2.40. The Kier molecular flexibility index (Phi) is 7.33. The van der Waals surface area contributed by atoms with Crippen molar-refractivity contribution in [2.45, 2.75) is 32.9 Å². The Hall–Kier alpha value is -3.47. The average Bonchev–Trinajstić information content (AvgIpc) is 2.78. The second-order valence-electron chi connectivity index (χ2n) is 7.11. The van der Waals surface area contributed by atoms with Crippen molar-refractivity contribution in [2.75, 3.05) is 12.4 Å². The van der Waals surface area contributed by atoms with Crippen LogP contribution in [-0.2, 0) is 6.54 Å². The number of anilines is 1. The standard InChI is InChI=1S/C25H28N2O3/c1-4-19(2)27(25(28)26-21-11-9-14-23(17-21)29-3)18-20-10-8-15-24(16-20)30-22-12-6-5-7-13-22/h5-17,19H,4,18H2,1-3H3,(H,26,28). The number of hydrogen-bond acceptors (Lipinski definition) is 3. The molecule has 0 aliphatic carbocycles. The lowest BCUT2D eigenvalue weighted by molar-refractivity contribution is 0.187. The molecule has 3 rings (SSSR count). The lowest BCUT2D eigenvalue weighted by atomic mass is 10.1. The summed E-state index contributed by atoms with van der Waals surface area (Å²) in [4.78, 5) is 14.9. The Labute approximate surface area is 178 Å². The van der Waals surface area contributed by atoms with Crippen LogP contribution < -0.4 is 14.8 Å². The summed E-state index contributed by atoms with van der Waals surface area (Å²) in [6.07, 6.45) is 0.853. The SMILES string of the molecule is CCC(C)N(Cc1cccc(Oc2ccccc2)c1)C(=O)Nc1cccc(OC)c1. The molecule has 0 saturated carbocycles. The first-order chi connectivity index (χ1) is 14.6. The number of methoxy groups -OCH3 is 1. The van der Waals surface area contributed by atoms with Gasteiger partial charge in [-0.2, -0.15) is 0 Å². The van der Waals surface area contributed by atoms with E-state index in [1.165, 1.54) is 0 Å². The maximum absolute atomic E-state index is 13.0. The number of nitrogens with one attached hydrogen (secondary N) is 1. The molecule has 0 heterocycles. The van der Waals surface area contributed by atoms with Crippen LogP contribution in [-0.4, -0.2) is 24.1 Å². The molecule has 1 N–H and O–H groups in total. The highest BCUT2D eigenvalue weighted by Gasteiger charge is 2.20. The largest absolute Gasteiger partial charge is 0.497 e. The Morgan fingerprint density at radius 1 is 0.933 bits per heavy atom. The lowest BCUT2D eigenvalue weighted by Gasteiger charge is -2.29. The van der Waals surface area contributed by atoms with Gasteiger partial charge in [-0.1, -0.05) is 43.3 Å². The third kappa shape index (κ3) is 5.77. The topological polar surface area (TPSA) is 50.8 Å². The van der Waals surface area contributed by atoms with Crippen molar-refractivity contribution in [3.63, 3.8) is 0 Å². The van der Waals surface area contributed by atoms with Gasteiger partial charge in [-0.25, -0.2) is 4.79 Å². The molecule has 156 valence electrons. The molecular weight excluding hydrogens is 376 g/mol. The van der Waals surface area contributed by atoms with Crippen molar-refractivity contribution in [1.29, 1.82) is 0 Å². The molecular formula is C25H28N2O3. The van der Waals surface area contributed by atoms with E-state index < -0.39 is 0 Å². The summed E-state index contributed by atoms with van der Waals surface area (Å²) in [7, 11) is 1.61. The predicted molar refractivity (Wildman–Crippen MR) is 120 cm³/mol. The van der Waals surface area contributed by atoms with Gasteiger partial charge in [0, 0.05) is 24.3 Å². The van der Waals surface area contributed by atoms with Gasteiger partial charge in [-0.3, -0.25) is 0 Å². The van der Waals surface area contributed by atoms with Crippen LogP contribution in [0.1, 0.15) is 25.8 Å². The maximum Gasteiger partial charge on any atom is 0.322 e. The number of rotatable bonds is 8. The zero-order valence-corrected chi connectivity index (χ0v) is 17.7. The van der Waals surface area contributed by atoms with Gasteiger partial charge < -0.3 is 19.7 Å². The van der Waals surface area contributed by atoms with Crippen LogP contribution in [0.5, 0.6) is 17.2 Å². The number of benzene rings is 3. The zero-order valence-electron chi connectivity index (χ0n) is 17.7. The Morgan fingerprint density at radius 2 is 1.63 bits per heavy atom. The van der Waals surface area contributed by atoms with E-state index in [1.807, 2.05) is 77.7 Å². The monoisotopic (exact) mass is 404 g/mol. The van der Waals surface area contributed by atoms with E-state index in [0.29, 0.717) is 18.0 Å². The van der Waals surface area contributed by atoms with Crippen molar-refractivity contribution >= 4 is 11.7 Å². The highest BCUT2D eigenvalue weighted by molar-refractivity contribution is 5.89. The first-order valence-electron chi connectivity index (χ1n) is 10.1. The van der Waals surface area contributed by atoms with Crippen molar-refractivity contribution in [1.82, 2.24) is 4.90 Å². The van der Waals surface area contributed by atoms with Crippen LogP contribution >= 0.6 is 0 Å². The van der Waals surface area contributed by atoms with Crippen molar-refractivity contribution in [3.8, 4) is 17.2 Å². The molecule has 0 aliphatic rings. The highest BCUT2D eigenvalue weighted by atomic mass is 16.5. The minimum absolute atomic E-state index is 0.0781. The Morgan fingerprint density at radius 3 is 2.37 bits per heavy atom. The fourth-order valence-corrected chi connectivity index (χ4v) is 3.07. The fourth-order valence-electron chi connectivity index (χ4n) is 3.07. The van der Waals surface area contributed by atoms with Gasteiger partial charge in [0.15, 0.2) is 0 Å². The van der Waals surface area contributed by atoms with Gasteiger partial charge in [0.2, 0.25) is 0 Å². The third-order valence-corrected chi connectivity index (χ3v) is 4.94. The molecule has 5 nitrogen and oxygen atoms in total. The van der Waals surface area contributed by atoms with Crippen LogP contribution in [0.3, 0.4) is 0 Å². The molecule has 3 aromatic rings. The summed E-state index contributed by atoms with van der Waals surface area (Å²) in [6.45, 7) is 4.61. The smallest absolute Gasteiger partial charge is 0.322 e. The number of urea groups is 1. The normalized spacial score (nSPS) is 11.4. The minimum Gasteiger partial charge on any atom is -0.497 e. The number of para-hydroxylation sites is 1. The highest BCUT2D eigenvalue weighted by Crippen LogP contribution is 2.24. The van der Waals surface area contributed by atoms with Gasteiger partial charge in [0.1, 0.15) is 17.2 Å². The Bertz CT molecular complexity index is 959. The van der Waals surface area contributed by atoms with Crippen molar-refractivity contribution < 1.29 is 14.3 Å². The molecule has 3 aromatic carbocycles. The molecule has 0 radical (unpaired) electrons. The summed E-state index contributed by atoms with van der Waals surface area (Å²) in [5.74, 6) is 2.23. The molecule has 1 atom stereocenters. The summed E-state index contributed by atoms with van der Waals surface area (Å²) in [6, 6.07) is 24.8. The van der Waals surface area contributed by atoms with Gasteiger partial charge in [0.25, 0.3) is 0 Å². The van der Waals surface area contributed by atoms with E-state index in [0.717, 1.165) is 23.5 Å². The molecule has 5 heteroatoms. The summed E-state index contributed by atoms with van der Waals surface area (Å²) < 4.78 is 11.2. The van der Waals surface area contributed by atoms with E-state index in [9.17, 15) is 4.79 Å². The van der Waals surface area contributed by atoms with Crippen LogP contribution in [0.4, 0.5) is 10.5 Å². The predicted octanol–water partition coefficient (Wildman–Crippen LogP) is 6.32. The quantitative estimate of drug-likeness (QED) is 0.478. The summed E-state index contributed by atoms with van der Waals surface area (Å²) in [5.41, 5.74) is 1.71. The number of carbonyl (C=O) groups is 1. The fraction of sp³-hybridized carbons (Fsp3) is 0.240. The third-order valence-electron chi connectivity index (χ3n) is 4.94. The van der Waals surface area contributed by atoms with Crippen molar-refractivity contribution in [3.05, 3.63) is 84.4 Å². The molecule has 0 fully saturated rings. The summed E-state index contributed by atoms with van der Waals surface area (Å²) >= 11 is 0. The maximum atomic E-state index is 13.0. The molecule has 1 unspecified atom stereocenters. The number of amides is 2. The first-order valence-corrected chi connectivity index (χ1v) is 10.1. The Balaban J connectivity index is 1.74. The molecule has 0 bridgehead atoms. The second-order valence-corrected chi connectivity index (χ2v) is 7.11. The van der Waals surface area contributed by atoms with E-state index in [2.05, 4.69) is 19.2 Å². The number of hydrogen-bond donors (Lipinski definition) is 1. The van der Waals surface area contributed by atoms with Crippen molar-refractivity contribution in [2.24, 2.45) is 0 Å². The van der Waals surface area contributed by atoms with E-state index >= 15 is 0 Å². The van der Waals surface area contributed by atoms with Gasteiger partial charge in [-0.15, -0.1) is 0 Å². The molecule has 30 heavy (non-hydrogen) atoms.